The molecule has 0 fully saturated rings. The summed E-state index contributed by atoms with van der Waals surface area (Å²) in [5, 5.41) is 8.14. The van der Waals surface area contributed by atoms with Crippen molar-refractivity contribution in [3.05, 3.63) is 10.9 Å². The molecule has 0 aromatic rings. The van der Waals surface area contributed by atoms with Crippen LogP contribution < -0.4 is 0 Å². The Morgan fingerprint density at radius 3 is 2.71 bits per heavy atom. The normalized spacial score (nSPS) is 17.6. The van der Waals surface area contributed by atoms with Crippen LogP contribution in [0.2, 0.25) is 0 Å². The number of rotatable bonds is 1. The fourth-order valence-corrected chi connectivity index (χ4v) is 1.51. The van der Waals surface area contributed by atoms with Crippen LogP contribution in [0.3, 0.4) is 0 Å². The van der Waals surface area contributed by atoms with Crippen LogP contribution in [0.25, 0.3) is 0 Å². The molecule has 0 saturated heterocycles. The Kier molecular flexibility index (Phi) is 3.14. The minimum atomic E-state index is -4.64. The van der Waals surface area contributed by atoms with Crippen molar-refractivity contribution in [2.45, 2.75) is 6.18 Å². The Labute approximate surface area is 80.7 Å². The molecule has 0 spiro atoms. The van der Waals surface area contributed by atoms with E-state index < -0.39 is 23.2 Å². The highest BCUT2D eigenvalue weighted by Gasteiger charge is 2.41. The largest absolute Gasteiger partial charge is 0.513 e. The van der Waals surface area contributed by atoms with Crippen LogP contribution >= 0.6 is 11.8 Å². The van der Waals surface area contributed by atoms with Gasteiger partial charge in [0.2, 0.25) is 0 Å². The Bertz CT molecular complexity index is 273. The van der Waals surface area contributed by atoms with E-state index in [1.54, 1.807) is 0 Å². The maximum Gasteiger partial charge on any atom is 0.513 e. The molecule has 0 unspecified atom stereocenters. The molecule has 0 aromatic carbocycles. The summed E-state index contributed by atoms with van der Waals surface area (Å²) in [6, 6.07) is 0. The summed E-state index contributed by atoms with van der Waals surface area (Å²) in [6.07, 6.45) is -6.47. The Hall–Kier alpha value is -1.05. The lowest BCUT2D eigenvalue weighted by atomic mass is 10.5. The molecule has 1 aliphatic rings. The lowest BCUT2D eigenvalue weighted by molar-refractivity contribution is -0.0932. The van der Waals surface area contributed by atoms with Crippen LogP contribution in [0.4, 0.5) is 18.0 Å². The number of hydrogen-bond acceptors (Lipinski definition) is 4. The molecule has 80 valence electrons. The van der Waals surface area contributed by atoms with Crippen LogP contribution in [0.5, 0.6) is 0 Å². The third-order valence-electron chi connectivity index (χ3n) is 1.19. The van der Waals surface area contributed by atoms with Crippen LogP contribution in [-0.2, 0) is 9.47 Å². The predicted octanol–water partition coefficient (Wildman–Crippen LogP) is 2.18. The highest BCUT2D eigenvalue weighted by Crippen LogP contribution is 2.39. The van der Waals surface area contributed by atoms with Crippen molar-refractivity contribution in [1.82, 2.24) is 0 Å². The third kappa shape index (κ3) is 2.72. The number of ether oxygens (including phenoxy) is 2. The standard InChI is InChI=1S/C6H5F3O4S/c7-6(8,9)3-4(13-5(10)11)12-1-2-14-3/h1-2H2,(H,10,11). The summed E-state index contributed by atoms with van der Waals surface area (Å²) < 4.78 is 45.0. The van der Waals surface area contributed by atoms with Gasteiger partial charge in [0.1, 0.15) is 6.61 Å². The molecular weight excluding hydrogens is 225 g/mol. The van der Waals surface area contributed by atoms with E-state index in [1.165, 1.54) is 0 Å². The summed E-state index contributed by atoms with van der Waals surface area (Å²) in [5.74, 6) is -0.873. The second-order valence-electron chi connectivity index (χ2n) is 2.18. The zero-order chi connectivity index (χ0) is 10.8. The minimum absolute atomic E-state index is 0.00708. The van der Waals surface area contributed by atoms with Crippen molar-refractivity contribution in [3.63, 3.8) is 0 Å². The van der Waals surface area contributed by atoms with E-state index in [2.05, 4.69) is 9.47 Å². The molecule has 0 aliphatic carbocycles. The van der Waals surface area contributed by atoms with Crippen LogP contribution in [0.15, 0.2) is 10.9 Å². The Morgan fingerprint density at radius 2 is 2.21 bits per heavy atom. The maximum atomic E-state index is 12.2. The molecule has 0 radical (unpaired) electrons. The molecule has 8 heteroatoms. The Balaban J connectivity index is 2.91. The van der Waals surface area contributed by atoms with Crippen LogP contribution in [0.1, 0.15) is 0 Å². The highest BCUT2D eigenvalue weighted by atomic mass is 32.2. The summed E-state index contributed by atoms with van der Waals surface area (Å²) in [6.45, 7) is -0.00708. The number of thioether (sulfide) groups is 1. The van der Waals surface area contributed by atoms with Crippen LogP contribution in [0, 0.1) is 0 Å². The second kappa shape index (κ2) is 3.99. The summed E-state index contributed by atoms with van der Waals surface area (Å²) in [7, 11) is 0. The van der Waals surface area contributed by atoms with Crippen molar-refractivity contribution in [1.29, 1.82) is 0 Å². The van der Waals surface area contributed by atoms with Gasteiger partial charge in [-0.25, -0.2) is 4.79 Å². The van der Waals surface area contributed by atoms with E-state index in [1.807, 2.05) is 0 Å². The van der Waals surface area contributed by atoms with Gasteiger partial charge in [-0.3, -0.25) is 0 Å². The number of allylic oxidation sites excluding steroid dienone is 1. The lowest BCUT2D eigenvalue weighted by Gasteiger charge is -2.19. The summed E-state index contributed by atoms with van der Waals surface area (Å²) >= 11 is 0.462. The van der Waals surface area contributed by atoms with Crippen LogP contribution in [-0.4, -0.2) is 29.8 Å². The molecule has 0 atom stereocenters. The molecule has 1 aliphatic heterocycles. The van der Waals surface area contributed by atoms with E-state index in [4.69, 9.17) is 5.11 Å². The maximum absolute atomic E-state index is 12.2. The first-order valence-electron chi connectivity index (χ1n) is 3.39. The third-order valence-corrected chi connectivity index (χ3v) is 2.24. The minimum Gasteiger partial charge on any atom is -0.463 e. The zero-order valence-corrected chi connectivity index (χ0v) is 7.44. The van der Waals surface area contributed by atoms with E-state index in [9.17, 15) is 18.0 Å². The van der Waals surface area contributed by atoms with E-state index in [0.717, 1.165) is 0 Å². The molecule has 0 saturated carbocycles. The van der Waals surface area contributed by atoms with Gasteiger partial charge in [-0.1, -0.05) is 0 Å². The monoisotopic (exact) mass is 230 g/mol. The summed E-state index contributed by atoms with van der Waals surface area (Å²) in [5.41, 5.74) is 0. The average molecular weight is 230 g/mol. The van der Waals surface area contributed by atoms with Gasteiger partial charge >= 0.3 is 18.3 Å². The van der Waals surface area contributed by atoms with Crippen molar-refractivity contribution in [2.75, 3.05) is 12.4 Å². The van der Waals surface area contributed by atoms with Gasteiger partial charge in [0.25, 0.3) is 0 Å². The molecule has 1 N–H and O–H groups in total. The molecule has 0 amide bonds. The van der Waals surface area contributed by atoms with Crippen molar-refractivity contribution in [2.24, 2.45) is 0 Å². The van der Waals surface area contributed by atoms with Gasteiger partial charge in [-0.15, -0.1) is 11.8 Å². The molecule has 4 nitrogen and oxygen atoms in total. The van der Waals surface area contributed by atoms with E-state index in [-0.39, 0.29) is 12.4 Å². The quantitative estimate of drug-likeness (QED) is 0.699. The first kappa shape index (κ1) is 11.0. The molecule has 0 aromatic heterocycles. The fourth-order valence-electron chi connectivity index (χ4n) is 0.755. The number of halogens is 3. The number of carbonyl (C=O) groups is 1. The number of hydrogen-bond donors (Lipinski definition) is 1. The zero-order valence-electron chi connectivity index (χ0n) is 6.63. The molecular formula is C6H5F3O4S. The van der Waals surface area contributed by atoms with E-state index in [0.29, 0.717) is 11.8 Å². The Morgan fingerprint density at radius 1 is 1.57 bits per heavy atom. The number of carboxylic acid groups (broad SMARTS) is 1. The molecule has 1 rings (SSSR count). The average Bonchev–Trinajstić information content (AvgIpc) is 2.01. The molecule has 14 heavy (non-hydrogen) atoms. The van der Waals surface area contributed by atoms with Gasteiger partial charge in [0, 0.05) is 5.75 Å². The fraction of sp³-hybridized carbons (Fsp3) is 0.500. The smallest absolute Gasteiger partial charge is 0.463 e. The number of alkyl halides is 3. The van der Waals surface area contributed by atoms with Crippen molar-refractivity contribution >= 4 is 17.9 Å². The summed E-state index contributed by atoms with van der Waals surface area (Å²) in [4.78, 5) is 8.88. The molecule has 1 heterocycles. The van der Waals surface area contributed by atoms with Gasteiger partial charge < -0.3 is 14.6 Å². The SMILES string of the molecule is O=C(O)OC1=C(C(F)(F)F)SCCO1. The second-order valence-corrected chi connectivity index (χ2v) is 3.28. The van der Waals surface area contributed by atoms with Gasteiger partial charge in [-0.05, 0) is 0 Å². The lowest BCUT2D eigenvalue weighted by Crippen LogP contribution is -2.21. The first-order valence-corrected chi connectivity index (χ1v) is 4.37. The van der Waals surface area contributed by atoms with Crippen molar-refractivity contribution in [3.8, 4) is 0 Å². The van der Waals surface area contributed by atoms with Gasteiger partial charge in [0.05, 0.1) is 0 Å². The van der Waals surface area contributed by atoms with Gasteiger partial charge in [-0.2, -0.15) is 13.2 Å². The first-order chi connectivity index (χ1) is 6.41. The van der Waals surface area contributed by atoms with Gasteiger partial charge in [0.15, 0.2) is 4.91 Å². The molecule has 0 bridgehead atoms. The predicted molar refractivity (Wildman–Crippen MR) is 40.6 cm³/mol. The topological polar surface area (TPSA) is 55.8 Å². The highest BCUT2D eigenvalue weighted by molar-refractivity contribution is 8.03. The van der Waals surface area contributed by atoms with Crippen molar-refractivity contribution < 1.29 is 32.5 Å². The van der Waals surface area contributed by atoms with E-state index >= 15 is 0 Å².